The zero-order valence-corrected chi connectivity index (χ0v) is 9.56. The van der Waals surface area contributed by atoms with Gasteiger partial charge in [0, 0.05) is 18.5 Å². The molecule has 3 N–H and O–H groups in total. The predicted octanol–water partition coefficient (Wildman–Crippen LogP) is 1.25. The molecule has 0 aliphatic carbocycles. The van der Waals surface area contributed by atoms with Crippen molar-refractivity contribution >= 4 is 0 Å². The summed E-state index contributed by atoms with van der Waals surface area (Å²) in [5.74, 6) is -0.180. The van der Waals surface area contributed by atoms with Gasteiger partial charge in [0.25, 0.3) is 5.88 Å². The number of benzene rings is 1. The fraction of sp³-hybridized carbons (Fsp3) is 0.273. The maximum Gasteiger partial charge on any atom is 0.251 e. The van der Waals surface area contributed by atoms with Crippen molar-refractivity contribution in [1.82, 2.24) is 15.0 Å². The molecule has 0 radical (unpaired) electrons. The molecule has 1 aromatic carbocycles. The number of aromatic nitrogens is 3. The van der Waals surface area contributed by atoms with Crippen molar-refractivity contribution in [2.24, 2.45) is 5.11 Å². The Bertz CT molecular complexity index is 527. The van der Waals surface area contributed by atoms with Crippen LogP contribution in [0.5, 0.6) is 5.88 Å². The van der Waals surface area contributed by atoms with Crippen LogP contribution in [0.15, 0.2) is 41.6 Å². The van der Waals surface area contributed by atoms with Gasteiger partial charge in [-0.3, -0.25) is 0 Å². The van der Waals surface area contributed by atoms with Crippen LogP contribution in [0.2, 0.25) is 0 Å². The second kappa shape index (κ2) is 4.92. The number of nitrogens with zero attached hydrogens (tertiary/aromatic N) is 4. The molecule has 1 aromatic heterocycles. The highest BCUT2D eigenvalue weighted by Gasteiger charge is 2.28. The molecular formula is C11H13N5O2. The molecule has 0 bridgehead atoms. The molecule has 0 amide bonds. The Morgan fingerprint density at radius 1 is 1.33 bits per heavy atom. The molecule has 1 atom stereocenters. The van der Waals surface area contributed by atoms with Crippen LogP contribution < -0.4 is 0 Å². The van der Waals surface area contributed by atoms with Crippen molar-refractivity contribution in [3.05, 3.63) is 42.1 Å². The molecule has 1 unspecified atom stereocenters. The van der Waals surface area contributed by atoms with Crippen LogP contribution in [0.25, 0.3) is 0 Å². The van der Waals surface area contributed by atoms with E-state index in [1.165, 1.54) is 10.9 Å². The van der Waals surface area contributed by atoms with Crippen LogP contribution in [0.3, 0.4) is 0 Å². The van der Waals surface area contributed by atoms with Gasteiger partial charge in [0.05, 0.1) is 6.20 Å². The van der Waals surface area contributed by atoms with Crippen molar-refractivity contribution in [2.75, 3.05) is 0 Å². The summed E-state index contributed by atoms with van der Waals surface area (Å²) in [6.45, 7) is 0.293. The van der Waals surface area contributed by atoms with Crippen LogP contribution in [0, 0.1) is 5.53 Å². The number of aliphatic hydroxyl groups is 1. The van der Waals surface area contributed by atoms with Gasteiger partial charge in [-0.05, 0) is 0 Å². The van der Waals surface area contributed by atoms with E-state index in [1.807, 2.05) is 6.07 Å². The van der Waals surface area contributed by atoms with Gasteiger partial charge in [0.2, 0.25) is 5.72 Å². The zero-order chi connectivity index (χ0) is 13.0. The molecule has 94 valence electrons. The summed E-state index contributed by atoms with van der Waals surface area (Å²) in [5, 5.41) is 29.7. The van der Waals surface area contributed by atoms with E-state index < -0.39 is 5.72 Å². The third-order valence-electron chi connectivity index (χ3n) is 2.64. The topological polar surface area (TPSA) is 107 Å². The lowest BCUT2D eigenvalue weighted by atomic mass is 10.0. The quantitative estimate of drug-likeness (QED) is 0.691. The van der Waals surface area contributed by atoms with Crippen LogP contribution in [0.1, 0.15) is 12.0 Å². The van der Waals surface area contributed by atoms with E-state index in [-0.39, 0.29) is 12.3 Å². The predicted molar refractivity (Wildman–Crippen MR) is 61.8 cm³/mol. The standard InChI is InChI=1S/C11H13N5O2/c12-14-11(18,9-4-2-1-3-5-9)6-7-16-8-10(17)13-15-16/h1-5,8,12,17-18H,6-7H2. The minimum Gasteiger partial charge on any atom is -0.491 e. The number of aryl methyl sites for hydroxylation is 1. The molecule has 2 rings (SSSR count). The third-order valence-corrected chi connectivity index (χ3v) is 2.64. The molecule has 0 spiro atoms. The molecule has 2 aromatic rings. The van der Waals surface area contributed by atoms with Crippen molar-refractivity contribution in [3.8, 4) is 5.88 Å². The summed E-state index contributed by atoms with van der Waals surface area (Å²) in [6.07, 6.45) is 1.51. The molecule has 7 heteroatoms. The number of hydrogen-bond acceptors (Lipinski definition) is 6. The first-order valence-electron chi connectivity index (χ1n) is 5.40. The fourth-order valence-electron chi connectivity index (χ4n) is 1.64. The van der Waals surface area contributed by atoms with Gasteiger partial charge in [-0.2, -0.15) is 5.11 Å². The van der Waals surface area contributed by atoms with Gasteiger partial charge >= 0.3 is 0 Å². The first-order chi connectivity index (χ1) is 8.64. The summed E-state index contributed by atoms with van der Waals surface area (Å²) in [4.78, 5) is 0. The zero-order valence-electron chi connectivity index (χ0n) is 9.56. The van der Waals surface area contributed by atoms with E-state index >= 15 is 0 Å². The summed E-state index contributed by atoms with van der Waals surface area (Å²) < 4.78 is 1.38. The summed E-state index contributed by atoms with van der Waals surface area (Å²) >= 11 is 0. The average molecular weight is 247 g/mol. The van der Waals surface area contributed by atoms with Gasteiger partial charge in [0.15, 0.2) is 0 Å². The minimum absolute atomic E-state index is 0.170. The lowest BCUT2D eigenvalue weighted by Crippen LogP contribution is -2.24. The number of rotatable bonds is 5. The van der Waals surface area contributed by atoms with Crippen molar-refractivity contribution in [2.45, 2.75) is 18.7 Å². The van der Waals surface area contributed by atoms with Crippen molar-refractivity contribution in [3.63, 3.8) is 0 Å². The Morgan fingerprint density at radius 3 is 2.61 bits per heavy atom. The van der Waals surface area contributed by atoms with E-state index in [4.69, 9.17) is 10.6 Å². The molecule has 1 heterocycles. The molecule has 0 saturated heterocycles. The van der Waals surface area contributed by atoms with Crippen LogP contribution >= 0.6 is 0 Å². The van der Waals surface area contributed by atoms with Gasteiger partial charge < -0.3 is 10.2 Å². The van der Waals surface area contributed by atoms with E-state index in [2.05, 4.69) is 15.4 Å². The van der Waals surface area contributed by atoms with E-state index in [1.54, 1.807) is 24.3 Å². The highest BCUT2D eigenvalue weighted by molar-refractivity contribution is 5.21. The SMILES string of the molecule is N=NC(O)(CCn1cc(O)nn1)c1ccccc1. The van der Waals surface area contributed by atoms with E-state index in [0.717, 1.165) is 0 Å². The van der Waals surface area contributed by atoms with Crippen molar-refractivity contribution < 1.29 is 10.2 Å². The first-order valence-corrected chi connectivity index (χ1v) is 5.40. The van der Waals surface area contributed by atoms with Crippen LogP contribution in [-0.2, 0) is 12.3 Å². The second-order valence-corrected chi connectivity index (χ2v) is 3.88. The largest absolute Gasteiger partial charge is 0.491 e. The Balaban J connectivity index is 2.11. The lowest BCUT2D eigenvalue weighted by molar-refractivity contribution is 0.0207. The van der Waals surface area contributed by atoms with Crippen LogP contribution in [-0.4, -0.2) is 25.2 Å². The summed E-state index contributed by atoms with van der Waals surface area (Å²) in [5.41, 5.74) is 6.11. The van der Waals surface area contributed by atoms with Gasteiger partial charge in [-0.15, -0.1) is 0 Å². The molecule has 18 heavy (non-hydrogen) atoms. The molecule has 0 aliphatic rings. The number of aromatic hydroxyl groups is 1. The monoisotopic (exact) mass is 247 g/mol. The Kier molecular flexibility index (Phi) is 3.33. The van der Waals surface area contributed by atoms with Gasteiger partial charge in [-0.1, -0.05) is 40.6 Å². The van der Waals surface area contributed by atoms with Gasteiger partial charge in [0.1, 0.15) is 0 Å². The minimum atomic E-state index is -1.58. The third kappa shape index (κ3) is 2.51. The first kappa shape index (κ1) is 12.2. The lowest BCUT2D eigenvalue weighted by Gasteiger charge is -2.21. The summed E-state index contributed by atoms with van der Waals surface area (Å²) in [7, 11) is 0. The molecule has 0 saturated carbocycles. The Morgan fingerprint density at radius 2 is 2.06 bits per heavy atom. The number of nitrogens with one attached hydrogen (secondary N) is 1. The molecule has 0 fully saturated rings. The number of hydrogen-bond donors (Lipinski definition) is 3. The highest BCUT2D eigenvalue weighted by atomic mass is 16.3. The maximum atomic E-state index is 10.3. The van der Waals surface area contributed by atoms with E-state index in [9.17, 15) is 5.11 Å². The molecule has 0 aliphatic heterocycles. The molecular weight excluding hydrogens is 234 g/mol. The fourth-order valence-corrected chi connectivity index (χ4v) is 1.64. The average Bonchev–Trinajstić information content (AvgIpc) is 2.83. The highest BCUT2D eigenvalue weighted by Crippen LogP contribution is 2.26. The van der Waals surface area contributed by atoms with Crippen LogP contribution in [0.4, 0.5) is 0 Å². The maximum absolute atomic E-state index is 10.3. The Hall–Kier alpha value is -2.28. The normalized spacial score (nSPS) is 14.1. The summed E-state index contributed by atoms with van der Waals surface area (Å²) in [6, 6.07) is 8.77. The van der Waals surface area contributed by atoms with Crippen molar-refractivity contribution in [1.29, 1.82) is 5.53 Å². The Labute approximate surface area is 103 Å². The van der Waals surface area contributed by atoms with Gasteiger partial charge in [-0.25, -0.2) is 10.2 Å². The second-order valence-electron chi connectivity index (χ2n) is 3.88. The van der Waals surface area contributed by atoms with E-state index in [0.29, 0.717) is 12.1 Å². The smallest absolute Gasteiger partial charge is 0.251 e. The molecule has 7 nitrogen and oxygen atoms in total.